The molecule has 6 heteroatoms. The summed E-state index contributed by atoms with van der Waals surface area (Å²) in [6.45, 7) is 0. The molecule has 1 heterocycles. The molecule has 5 nitrogen and oxygen atoms in total. The van der Waals surface area contributed by atoms with Gasteiger partial charge in [0.2, 0.25) is 0 Å². The summed E-state index contributed by atoms with van der Waals surface area (Å²) in [5, 5.41) is 28.3. The lowest BCUT2D eigenvalue weighted by Gasteiger charge is -2.27. The first-order chi connectivity index (χ1) is 9.08. The van der Waals surface area contributed by atoms with Crippen molar-refractivity contribution in [2.75, 3.05) is 5.73 Å². The molecule has 1 saturated carbocycles. The van der Waals surface area contributed by atoms with Crippen LogP contribution in [0.5, 0.6) is 0 Å². The highest BCUT2D eigenvalue weighted by atomic mass is 32.1. The molecule has 1 fully saturated rings. The van der Waals surface area contributed by atoms with Crippen LogP contribution in [0.3, 0.4) is 0 Å². The Kier molecular flexibility index (Phi) is 3.94. The molecule has 0 aromatic carbocycles. The third kappa shape index (κ3) is 2.51. The first-order valence-electron chi connectivity index (χ1n) is 6.09. The van der Waals surface area contributed by atoms with Gasteiger partial charge in [0.1, 0.15) is 23.0 Å². The number of pyridine rings is 1. The van der Waals surface area contributed by atoms with Gasteiger partial charge in [0.15, 0.2) is 0 Å². The van der Waals surface area contributed by atoms with Gasteiger partial charge in [-0.1, -0.05) is 0 Å². The molecule has 0 atom stereocenters. The molecule has 3 N–H and O–H groups in total. The molecule has 0 spiro atoms. The lowest BCUT2D eigenvalue weighted by Crippen LogP contribution is -2.19. The molecule has 0 unspecified atom stereocenters. The molecule has 0 saturated heterocycles. The Morgan fingerprint density at radius 1 is 1.16 bits per heavy atom. The summed E-state index contributed by atoms with van der Waals surface area (Å²) < 4.78 is 0. The number of aliphatic hydroxyl groups is 1. The Bertz CT molecular complexity index is 542. The molecule has 19 heavy (non-hydrogen) atoms. The fraction of sp³-hybridized carbons (Fsp3) is 0.462. The van der Waals surface area contributed by atoms with E-state index in [1.54, 1.807) is 0 Å². The van der Waals surface area contributed by atoms with Crippen LogP contribution in [-0.4, -0.2) is 16.2 Å². The molecule has 98 valence electrons. The van der Waals surface area contributed by atoms with E-state index in [1.165, 1.54) is 0 Å². The average Bonchev–Trinajstić information content (AvgIpc) is 2.39. The standard InChI is InChI=1S/C13H14N4OS/c14-5-9-11(7-1-3-8(18)4-2-7)10(6-15)13(19)17-12(9)16/h7-8,18H,1-4H2,(H3,16,17,19). The van der Waals surface area contributed by atoms with E-state index in [4.69, 9.17) is 5.73 Å². The summed E-state index contributed by atoms with van der Waals surface area (Å²) in [6.07, 6.45) is 2.53. The number of aliphatic hydroxyl groups excluding tert-OH is 1. The van der Waals surface area contributed by atoms with Gasteiger partial charge >= 0.3 is 0 Å². The van der Waals surface area contributed by atoms with Crippen molar-refractivity contribution in [1.82, 2.24) is 4.98 Å². The average molecular weight is 274 g/mol. The highest BCUT2D eigenvalue weighted by Crippen LogP contribution is 2.38. The van der Waals surface area contributed by atoms with Gasteiger partial charge in [-0.25, -0.2) is 4.98 Å². The number of thiol groups is 1. The normalized spacial score (nSPS) is 22.5. The Balaban J connectivity index is 2.55. The largest absolute Gasteiger partial charge is 0.393 e. The lowest BCUT2D eigenvalue weighted by atomic mass is 9.79. The summed E-state index contributed by atoms with van der Waals surface area (Å²) in [4.78, 5) is 3.93. The van der Waals surface area contributed by atoms with Gasteiger partial charge in [-0.05, 0) is 37.2 Å². The second-order valence-electron chi connectivity index (χ2n) is 4.71. The number of hydrogen-bond acceptors (Lipinski definition) is 6. The summed E-state index contributed by atoms with van der Waals surface area (Å²) in [6, 6.07) is 4.11. The smallest absolute Gasteiger partial charge is 0.143 e. The van der Waals surface area contributed by atoms with E-state index in [9.17, 15) is 15.6 Å². The monoisotopic (exact) mass is 274 g/mol. The SMILES string of the molecule is N#Cc1c(N)nc(S)c(C#N)c1C1CCC(O)CC1. The number of nitriles is 2. The van der Waals surface area contributed by atoms with Crippen molar-refractivity contribution in [2.24, 2.45) is 0 Å². The molecule has 0 radical (unpaired) electrons. The quantitative estimate of drug-likeness (QED) is 0.676. The number of nitrogens with two attached hydrogens (primary N) is 1. The summed E-state index contributed by atoms with van der Waals surface area (Å²) in [5.41, 5.74) is 7.00. The zero-order chi connectivity index (χ0) is 14.0. The molecule has 1 aromatic rings. The van der Waals surface area contributed by atoms with E-state index >= 15 is 0 Å². The highest BCUT2D eigenvalue weighted by molar-refractivity contribution is 7.80. The van der Waals surface area contributed by atoms with Gasteiger partial charge in [0, 0.05) is 0 Å². The second-order valence-corrected chi connectivity index (χ2v) is 5.14. The predicted molar refractivity (Wildman–Crippen MR) is 72.5 cm³/mol. The van der Waals surface area contributed by atoms with E-state index < -0.39 is 0 Å². The topological polar surface area (TPSA) is 107 Å². The van der Waals surface area contributed by atoms with Crippen LogP contribution < -0.4 is 5.73 Å². The number of aromatic nitrogens is 1. The third-order valence-corrected chi connectivity index (χ3v) is 3.90. The van der Waals surface area contributed by atoms with Crippen LogP contribution in [0.1, 0.15) is 48.3 Å². The van der Waals surface area contributed by atoms with Gasteiger partial charge in [-0.15, -0.1) is 12.6 Å². The molecule has 0 amide bonds. The first kappa shape index (κ1) is 13.7. The molecule has 0 bridgehead atoms. The Morgan fingerprint density at radius 2 is 1.74 bits per heavy atom. The Morgan fingerprint density at radius 3 is 2.26 bits per heavy atom. The molecular weight excluding hydrogens is 260 g/mol. The van der Waals surface area contributed by atoms with Gasteiger partial charge in [0.25, 0.3) is 0 Å². The van der Waals surface area contributed by atoms with E-state index in [2.05, 4.69) is 23.7 Å². The number of anilines is 1. The maximum atomic E-state index is 9.55. The van der Waals surface area contributed by atoms with Crippen molar-refractivity contribution in [3.8, 4) is 12.1 Å². The molecule has 1 aromatic heterocycles. The van der Waals surface area contributed by atoms with Crippen molar-refractivity contribution in [2.45, 2.75) is 42.7 Å². The predicted octanol–water partition coefficient (Wildman–Crippen LogP) is 1.71. The minimum atomic E-state index is -0.290. The lowest BCUT2D eigenvalue weighted by molar-refractivity contribution is 0.122. The first-order valence-corrected chi connectivity index (χ1v) is 6.53. The van der Waals surface area contributed by atoms with E-state index in [-0.39, 0.29) is 28.4 Å². The van der Waals surface area contributed by atoms with Gasteiger partial charge in [-0.3, -0.25) is 0 Å². The second kappa shape index (κ2) is 5.48. The number of hydrogen-bond donors (Lipinski definition) is 3. The van der Waals surface area contributed by atoms with Gasteiger partial charge < -0.3 is 10.8 Å². The van der Waals surface area contributed by atoms with Crippen LogP contribution in [0.25, 0.3) is 0 Å². The summed E-state index contributed by atoms with van der Waals surface area (Å²) >= 11 is 4.17. The van der Waals surface area contributed by atoms with Gasteiger partial charge in [0.05, 0.1) is 17.2 Å². The minimum Gasteiger partial charge on any atom is -0.393 e. The molecule has 1 aliphatic carbocycles. The van der Waals surface area contributed by atoms with E-state index in [0.717, 1.165) is 12.8 Å². The molecule has 2 rings (SSSR count). The summed E-state index contributed by atoms with van der Waals surface area (Å²) in [5.74, 6) is 0.177. The van der Waals surface area contributed by atoms with Crippen molar-refractivity contribution in [3.05, 3.63) is 16.7 Å². The Labute approximate surface area is 117 Å². The minimum absolute atomic E-state index is 0.0592. The van der Waals surface area contributed by atoms with E-state index in [0.29, 0.717) is 24.0 Å². The maximum absolute atomic E-state index is 9.55. The number of nitrogens with zero attached hydrogens (tertiary/aromatic N) is 3. The highest BCUT2D eigenvalue weighted by Gasteiger charge is 2.28. The van der Waals surface area contributed by atoms with E-state index in [1.807, 2.05) is 6.07 Å². The van der Waals surface area contributed by atoms with Crippen LogP contribution in [0.15, 0.2) is 5.03 Å². The fourth-order valence-corrected chi connectivity index (χ4v) is 2.89. The van der Waals surface area contributed by atoms with Crippen molar-refractivity contribution in [1.29, 1.82) is 10.5 Å². The van der Waals surface area contributed by atoms with Crippen LogP contribution in [-0.2, 0) is 0 Å². The maximum Gasteiger partial charge on any atom is 0.143 e. The zero-order valence-electron chi connectivity index (χ0n) is 10.3. The van der Waals surface area contributed by atoms with Crippen LogP contribution in [0.2, 0.25) is 0 Å². The molecular formula is C13H14N4OS. The zero-order valence-corrected chi connectivity index (χ0v) is 11.2. The van der Waals surface area contributed by atoms with Crippen LogP contribution in [0, 0.1) is 22.7 Å². The van der Waals surface area contributed by atoms with Crippen molar-refractivity contribution in [3.63, 3.8) is 0 Å². The molecule has 1 aliphatic rings. The third-order valence-electron chi connectivity index (χ3n) is 3.57. The Hall–Kier alpha value is -1.76. The van der Waals surface area contributed by atoms with Gasteiger partial charge in [-0.2, -0.15) is 10.5 Å². The summed E-state index contributed by atoms with van der Waals surface area (Å²) in [7, 11) is 0. The van der Waals surface area contributed by atoms with Crippen molar-refractivity contribution < 1.29 is 5.11 Å². The molecule has 0 aliphatic heterocycles. The fourth-order valence-electron chi connectivity index (χ4n) is 2.61. The number of nitrogen functional groups attached to an aromatic ring is 1. The van der Waals surface area contributed by atoms with Crippen LogP contribution >= 0.6 is 12.6 Å². The number of rotatable bonds is 1. The van der Waals surface area contributed by atoms with Crippen LogP contribution in [0.4, 0.5) is 5.82 Å². The van der Waals surface area contributed by atoms with Crippen molar-refractivity contribution >= 4 is 18.4 Å².